The predicted octanol–water partition coefficient (Wildman–Crippen LogP) is 2.26. The van der Waals surface area contributed by atoms with E-state index in [1.807, 2.05) is 18.2 Å². The van der Waals surface area contributed by atoms with E-state index in [2.05, 4.69) is 31.8 Å². The summed E-state index contributed by atoms with van der Waals surface area (Å²) in [5.74, 6) is 0. The molecule has 6 nitrogen and oxygen atoms in total. The van der Waals surface area contributed by atoms with Gasteiger partial charge in [-0.3, -0.25) is 14.3 Å². The largest absolute Gasteiger partial charge is 0.394 e. The summed E-state index contributed by atoms with van der Waals surface area (Å²) in [5.41, 5.74) is 0.594. The summed E-state index contributed by atoms with van der Waals surface area (Å²) in [6, 6.07) is 7.95. The molecule has 1 aromatic heterocycles. The van der Waals surface area contributed by atoms with Gasteiger partial charge in [0.25, 0.3) is 5.56 Å². The highest BCUT2D eigenvalue weighted by molar-refractivity contribution is 7.99. The molecule has 0 spiro atoms. The Kier molecular flexibility index (Phi) is 6.26. The topological polar surface area (TPSA) is 84.3 Å². The first-order valence-corrected chi connectivity index (χ1v) is 8.87. The van der Waals surface area contributed by atoms with Gasteiger partial charge in [0.15, 0.2) is 0 Å². The molecule has 0 aliphatic carbocycles. The number of hydrogen-bond acceptors (Lipinski definition) is 5. The number of benzene rings is 1. The van der Waals surface area contributed by atoms with E-state index in [0.717, 1.165) is 10.5 Å². The van der Waals surface area contributed by atoms with Gasteiger partial charge in [-0.05, 0) is 24.0 Å². The van der Waals surface area contributed by atoms with Crippen molar-refractivity contribution in [2.45, 2.75) is 49.8 Å². The van der Waals surface area contributed by atoms with Gasteiger partial charge in [0.05, 0.1) is 18.2 Å². The third kappa shape index (κ3) is 4.62. The van der Waals surface area contributed by atoms with Crippen LogP contribution in [-0.2, 0) is 16.9 Å². The average molecular weight is 364 g/mol. The van der Waals surface area contributed by atoms with Crippen LogP contribution in [0, 0.1) is 6.92 Å². The Balaban J connectivity index is 2.53. The van der Waals surface area contributed by atoms with Crippen molar-refractivity contribution in [2.75, 3.05) is 13.2 Å². The maximum absolute atomic E-state index is 12.2. The minimum atomic E-state index is -0.524. The van der Waals surface area contributed by atoms with Crippen molar-refractivity contribution < 1.29 is 9.84 Å². The van der Waals surface area contributed by atoms with E-state index in [1.54, 1.807) is 6.92 Å². The van der Waals surface area contributed by atoms with Crippen molar-refractivity contribution in [2.24, 2.45) is 0 Å². The second-order valence-electron chi connectivity index (χ2n) is 6.73. The van der Waals surface area contributed by atoms with E-state index < -0.39 is 11.2 Å². The Morgan fingerprint density at radius 3 is 2.56 bits per heavy atom. The predicted molar refractivity (Wildman–Crippen MR) is 98.4 cm³/mol. The van der Waals surface area contributed by atoms with Gasteiger partial charge in [0.1, 0.15) is 6.73 Å². The molecule has 0 saturated carbocycles. The van der Waals surface area contributed by atoms with Crippen molar-refractivity contribution in [3.05, 3.63) is 56.2 Å². The third-order valence-corrected chi connectivity index (χ3v) is 5.03. The molecule has 0 bridgehead atoms. The van der Waals surface area contributed by atoms with Crippen LogP contribution in [0.2, 0.25) is 0 Å². The van der Waals surface area contributed by atoms with Crippen LogP contribution in [0.1, 0.15) is 31.9 Å². The Hall–Kier alpha value is -1.83. The third-order valence-electron chi connectivity index (χ3n) is 3.73. The lowest BCUT2D eigenvalue weighted by Crippen LogP contribution is -2.33. The summed E-state index contributed by atoms with van der Waals surface area (Å²) < 4.78 is 6.68. The van der Waals surface area contributed by atoms with E-state index >= 15 is 0 Å². The van der Waals surface area contributed by atoms with E-state index in [0.29, 0.717) is 10.6 Å². The van der Waals surface area contributed by atoms with Gasteiger partial charge < -0.3 is 9.84 Å². The van der Waals surface area contributed by atoms with E-state index in [-0.39, 0.29) is 25.4 Å². The minimum absolute atomic E-state index is 0.0307. The van der Waals surface area contributed by atoms with Crippen molar-refractivity contribution in [1.82, 2.24) is 9.55 Å². The van der Waals surface area contributed by atoms with Crippen LogP contribution < -0.4 is 11.2 Å². The molecule has 2 N–H and O–H groups in total. The van der Waals surface area contributed by atoms with Crippen LogP contribution in [0.5, 0.6) is 0 Å². The summed E-state index contributed by atoms with van der Waals surface area (Å²) in [6.45, 7) is 8.00. The monoisotopic (exact) mass is 364 g/mol. The highest BCUT2D eigenvalue weighted by atomic mass is 32.2. The van der Waals surface area contributed by atoms with Crippen LogP contribution >= 0.6 is 11.8 Å². The summed E-state index contributed by atoms with van der Waals surface area (Å²) in [5, 5.41) is 9.41. The van der Waals surface area contributed by atoms with Crippen LogP contribution in [0.3, 0.4) is 0 Å². The van der Waals surface area contributed by atoms with Crippen molar-refractivity contribution in [3.8, 4) is 0 Å². The second kappa shape index (κ2) is 8.03. The number of nitrogens with zero attached hydrogens (tertiary/aromatic N) is 1. The number of ether oxygens (including phenoxy) is 1. The first-order chi connectivity index (χ1) is 11.8. The number of aromatic nitrogens is 2. The summed E-state index contributed by atoms with van der Waals surface area (Å²) in [7, 11) is 0. The Bertz CT molecular complexity index is 849. The molecule has 1 aromatic carbocycles. The van der Waals surface area contributed by atoms with Crippen LogP contribution in [-0.4, -0.2) is 27.9 Å². The molecule has 0 saturated heterocycles. The van der Waals surface area contributed by atoms with Gasteiger partial charge in [0, 0.05) is 10.5 Å². The fraction of sp³-hybridized carbons (Fsp3) is 0.444. The Labute approximate surface area is 150 Å². The summed E-state index contributed by atoms with van der Waals surface area (Å²) in [4.78, 5) is 27.6. The SMILES string of the molecule is Cc1c(Sc2ccccc2C(C)(C)C)n(COCCO)c(=O)[nH]c1=O. The number of nitrogens with one attached hydrogen (secondary N) is 1. The second-order valence-corrected chi connectivity index (χ2v) is 7.76. The zero-order valence-electron chi connectivity index (χ0n) is 15.0. The van der Waals surface area contributed by atoms with Crippen molar-refractivity contribution in [1.29, 1.82) is 0 Å². The fourth-order valence-electron chi connectivity index (χ4n) is 2.40. The summed E-state index contributed by atoms with van der Waals surface area (Å²) in [6.07, 6.45) is 0. The highest BCUT2D eigenvalue weighted by Crippen LogP contribution is 2.36. The molecule has 2 aromatic rings. The van der Waals surface area contributed by atoms with Crippen LogP contribution in [0.25, 0.3) is 0 Å². The molecule has 2 rings (SSSR count). The molecule has 0 atom stereocenters. The van der Waals surface area contributed by atoms with Gasteiger partial charge in [-0.1, -0.05) is 50.7 Å². The fourth-order valence-corrected chi connectivity index (χ4v) is 3.73. The Morgan fingerprint density at radius 2 is 1.92 bits per heavy atom. The highest BCUT2D eigenvalue weighted by Gasteiger charge is 2.20. The zero-order chi connectivity index (χ0) is 18.6. The summed E-state index contributed by atoms with van der Waals surface area (Å²) >= 11 is 1.38. The van der Waals surface area contributed by atoms with E-state index in [9.17, 15) is 9.59 Å². The van der Waals surface area contributed by atoms with Crippen LogP contribution in [0.4, 0.5) is 0 Å². The molecular formula is C18H24N2O4S. The normalized spacial score (nSPS) is 11.7. The van der Waals surface area contributed by atoms with Crippen molar-refractivity contribution >= 4 is 11.8 Å². The van der Waals surface area contributed by atoms with Gasteiger partial charge in [-0.2, -0.15) is 0 Å². The molecular weight excluding hydrogens is 340 g/mol. The molecule has 0 amide bonds. The van der Waals surface area contributed by atoms with Crippen LogP contribution in [0.15, 0.2) is 43.8 Å². The number of aliphatic hydroxyl groups excluding tert-OH is 1. The minimum Gasteiger partial charge on any atom is -0.394 e. The quantitative estimate of drug-likeness (QED) is 0.607. The Morgan fingerprint density at radius 1 is 1.24 bits per heavy atom. The van der Waals surface area contributed by atoms with Crippen molar-refractivity contribution in [3.63, 3.8) is 0 Å². The average Bonchev–Trinajstić information content (AvgIpc) is 2.54. The molecule has 0 aliphatic rings. The molecule has 0 unspecified atom stereocenters. The molecule has 25 heavy (non-hydrogen) atoms. The molecule has 7 heteroatoms. The van der Waals surface area contributed by atoms with Gasteiger partial charge in [-0.25, -0.2) is 4.79 Å². The molecule has 0 radical (unpaired) electrons. The zero-order valence-corrected chi connectivity index (χ0v) is 15.8. The number of hydrogen-bond donors (Lipinski definition) is 2. The van der Waals surface area contributed by atoms with Gasteiger partial charge >= 0.3 is 5.69 Å². The first-order valence-electron chi connectivity index (χ1n) is 8.05. The molecule has 1 heterocycles. The lowest BCUT2D eigenvalue weighted by molar-refractivity contribution is 0.0411. The maximum Gasteiger partial charge on any atom is 0.331 e. The lowest BCUT2D eigenvalue weighted by atomic mass is 9.87. The first kappa shape index (κ1) is 19.5. The lowest BCUT2D eigenvalue weighted by Gasteiger charge is -2.23. The number of H-pyrrole nitrogens is 1. The number of aliphatic hydroxyl groups is 1. The van der Waals surface area contributed by atoms with Gasteiger partial charge in [-0.15, -0.1) is 0 Å². The molecule has 0 aliphatic heterocycles. The van der Waals surface area contributed by atoms with Gasteiger partial charge in [0.2, 0.25) is 0 Å². The smallest absolute Gasteiger partial charge is 0.331 e. The molecule has 136 valence electrons. The van der Waals surface area contributed by atoms with E-state index in [4.69, 9.17) is 9.84 Å². The number of rotatable bonds is 6. The van der Waals surface area contributed by atoms with E-state index in [1.165, 1.54) is 16.3 Å². The standard InChI is InChI=1S/C18H24N2O4S/c1-12-15(22)19-17(23)20(11-24-10-9-21)16(12)25-14-8-6-5-7-13(14)18(2,3)4/h5-8,21H,9-11H2,1-4H3,(H,19,22,23). The maximum atomic E-state index is 12.2. The molecule has 0 fully saturated rings. The number of aromatic amines is 1.